The number of para-hydroxylation sites is 2. The molecule has 0 heterocycles. The van der Waals surface area contributed by atoms with Gasteiger partial charge in [-0.3, -0.25) is 10.8 Å². The van der Waals surface area contributed by atoms with E-state index in [0.29, 0.717) is 0 Å². The number of hydrogen-bond acceptors (Lipinski definition) is 4. The predicted molar refractivity (Wildman–Crippen MR) is 173 cm³/mol. The Bertz CT molecular complexity index is 1470. The van der Waals surface area contributed by atoms with Crippen LogP contribution in [0.2, 0.25) is 0 Å². The minimum absolute atomic E-state index is 0. The Morgan fingerprint density at radius 3 is 1.10 bits per heavy atom. The largest absolute Gasteiger partial charge is 0.325 e. The van der Waals surface area contributed by atoms with Crippen LogP contribution in [0.25, 0.3) is 21.5 Å². The maximum atomic E-state index is 8.15. The molecular formula is C30H28Cl2N8. The molecule has 6 N–H and O–H groups in total. The van der Waals surface area contributed by atoms with Crippen molar-refractivity contribution in [3.05, 3.63) is 120 Å². The monoisotopic (exact) mass is 570 g/mol. The van der Waals surface area contributed by atoms with E-state index in [1.54, 1.807) is 12.4 Å². The highest BCUT2D eigenvalue weighted by Gasteiger charge is 2.11. The molecule has 0 unspecified atom stereocenters. The number of guanidine groups is 2. The third kappa shape index (κ3) is 7.13. The Hall–Kier alpha value is -4.92. The van der Waals surface area contributed by atoms with Crippen molar-refractivity contribution >= 4 is 82.1 Å². The van der Waals surface area contributed by atoms with Crippen LogP contribution < -0.4 is 21.5 Å². The molecule has 0 saturated carbocycles. The van der Waals surface area contributed by atoms with E-state index in [4.69, 9.17) is 10.8 Å². The molecule has 10 heteroatoms. The van der Waals surface area contributed by atoms with Gasteiger partial charge in [0.15, 0.2) is 0 Å². The molecule has 0 fully saturated rings. The van der Waals surface area contributed by atoms with Gasteiger partial charge in [0, 0.05) is 22.5 Å². The van der Waals surface area contributed by atoms with Gasteiger partial charge in [-0.1, -0.05) is 84.9 Å². The van der Waals surface area contributed by atoms with Gasteiger partial charge in [-0.15, -0.1) is 24.8 Å². The number of anilines is 2. The number of nitrogens with one attached hydrogen (secondary N) is 6. The van der Waals surface area contributed by atoms with Crippen LogP contribution in [0.3, 0.4) is 0 Å². The minimum Gasteiger partial charge on any atom is -0.325 e. The highest BCUT2D eigenvalue weighted by Crippen LogP contribution is 2.31. The average molecular weight is 572 g/mol. The van der Waals surface area contributed by atoms with E-state index in [1.807, 2.05) is 109 Å². The second-order valence-corrected chi connectivity index (χ2v) is 8.39. The van der Waals surface area contributed by atoms with E-state index in [2.05, 4.69) is 31.7 Å². The fourth-order valence-corrected chi connectivity index (χ4v) is 4.18. The van der Waals surface area contributed by atoms with Crippen molar-refractivity contribution in [2.45, 2.75) is 0 Å². The van der Waals surface area contributed by atoms with Crippen LogP contribution in [0.5, 0.6) is 0 Å². The summed E-state index contributed by atoms with van der Waals surface area (Å²) in [7, 11) is 0. The van der Waals surface area contributed by atoms with Gasteiger partial charge >= 0.3 is 0 Å². The lowest BCUT2D eigenvalue weighted by Crippen LogP contribution is -2.25. The lowest BCUT2D eigenvalue weighted by Gasteiger charge is -2.13. The zero-order chi connectivity index (χ0) is 26.2. The number of rotatable bonds is 6. The molecule has 0 atom stereocenters. The molecule has 0 radical (unpaired) electrons. The summed E-state index contributed by atoms with van der Waals surface area (Å²) in [6, 6.07) is 35.1. The topological polar surface area (TPSA) is 121 Å². The van der Waals surface area contributed by atoms with Crippen molar-refractivity contribution in [2.24, 2.45) is 10.2 Å². The Kier molecular flexibility index (Phi) is 10.6. The van der Waals surface area contributed by atoms with Gasteiger partial charge in [-0.25, -0.2) is 10.9 Å². The summed E-state index contributed by atoms with van der Waals surface area (Å²) in [5, 5.41) is 34.9. The molecule has 40 heavy (non-hydrogen) atoms. The molecule has 8 nitrogen and oxygen atoms in total. The third-order valence-corrected chi connectivity index (χ3v) is 5.84. The van der Waals surface area contributed by atoms with E-state index in [-0.39, 0.29) is 36.7 Å². The number of benzene rings is 5. The van der Waals surface area contributed by atoms with Crippen LogP contribution in [0.1, 0.15) is 11.1 Å². The van der Waals surface area contributed by atoms with Crippen molar-refractivity contribution < 1.29 is 0 Å². The van der Waals surface area contributed by atoms with E-state index < -0.39 is 0 Å². The van der Waals surface area contributed by atoms with Gasteiger partial charge in [0.25, 0.3) is 0 Å². The standard InChI is InChI=1S/C30H26N8.2ClH/c31-29(35-21-11-3-1-4-12-21)37-33-19-27-23-15-7-9-17-25(23)28(26-18-10-8-16-24(26)27)20-34-38-30(32)36-22-13-5-2-6-14-22;;/h1-20H,(H3,31,35,37)(H3,32,36,38);2*1H/b33-19+,34-20+;;. The van der Waals surface area contributed by atoms with Crippen LogP contribution in [-0.4, -0.2) is 24.3 Å². The number of halogens is 2. The van der Waals surface area contributed by atoms with Crippen LogP contribution in [0.15, 0.2) is 119 Å². The molecule has 0 bridgehead atoms. The minimum atomic E-state index is 0. The summed E-state index contributed by atoms with van der Waals surface area (Å²) < 4.78 is 0. The maximum absolute atomic E-state index is 8.15. The van der Waals surface area contributed by atoms with Crippen molar-refractivity contribution in [1.82, 2.24) is 10.9 Å². The maximum Gasteiger partial charge on any atom is 0.213 e. The van der Waals surface area contributed by atoms with Crippen LogP contribution >= 0.6 is 24.8 Å². The fourth-order valence-electron chi connectivity index (χ4n) is 4.18. The number of hydrogen-bond donors (Lipinski definition) is 6. The second-order valence-electron chi connectivity index (χ2n) is 8.39. The Balaban J connectivity index is 0.00000220. The molecule has 0 aliphatic heterocycles. The van der Waals surface area contributed by atoms with Crippen molar-refractivity contribution in [1.29, 1.82) is 10.8 Å². The molecule has 0 aromatic heterocycles. The molecule has 0 saturated heterocycles. The molecule has 0 spiro atoms. The SMILES string of the molecule is Cl.Cl.N=C(N/N=C/c1c2ccccc2c(/C=N/NC(=N)Nc2ccccc2)c2ccccc12)Nc1ccccc1. The average Bonchev–Trinajstić information content (AvgIpc) is 2.95. The molecule has 0 aliphatic carbocycles. The van der Waals surface area contributed by atoms with Crippen LogP contribution in [-0.2, 0) is 0 Å². The summed E-state index contributed by atoms with van der Waals surface area (Å²) in [6.07, 6.45) is 3.48. The highest BCUT2D eigenvalue weighted by molar-refractivity contribution is 6.21. The predicted octanol–water partition coefficient (Wildman–Crippen LogP) is 6.78. The van der Waals surface area contributed by atoms with E-state index in [1.165, 1.54) is 0 Å². The number of nitrogens with zero attached hydrogens (tertiary/aromatic N) is 2. The second kappa shape index (κ2) is 14.3. The first-order valence-corrected chi connectivity index (χ1v) is 12.0. The van der Waals surface area contributed by atoms with Crippen LogP contribution in [0.4, 0.5) is 11.4 Å². The van der Waals surface area contributed by atoms with Crippen LogP contribution in [0, 0.1) is 10.8 Å². The molecule has 0 amide bonds. The Morgan fingerprint density at radius 1 is 0.475 bits per heavy atom. The van der Waals surface area contributed by atoms with Gasteiger partial charge < -0.3 is 10.6 Å². The summed E-state index contributed by atoms with van der Waals surface area (Å²) in [6.45, 7) is 0. The third-order valence-electron chi connectivity index (χ3n) is 5.84. The van der Waals surface area contributed by atoms with Gasteiger partial charge in [-0.05, 0) is 45.8 Å². The van der Waals surface area contributed by atoms with E-state index in [9.17, 15) is 0 Å². The van der Waals surface area contributed by atoms with Gasteiger partial charge in [0.2, 0.25) is 11.9 Å². The molecule has 202 valence electrons. The fraction of sp³-hybridized carbons (Fsp3) is 0. The molecule has 5 rings (SSSR count). The van der Waals surface area contributed by atoms with Crippen molar-refractivity contribution in [3.63, 3.8) is 0 Å². The molecule has 0 aliphatic rings. The highest BCUT2D eigenvalue weighted by atomic mass is 35.5. The van der Waals surface area contributed by atoms with E-state index >= 15 is 0 Å². The first kappa shape index (κ1) is 29.6. The zero-order valence-corrected chi connectivity index (χ0v) is 22.9. The molecule has 5 aromatic carbocycles. The first-order chi connectivity index (χ1) is 18.7. The van der Waals surface area contributed by atoms with Gasteiger partial charge in [0.1, 0.15) is 0 Å². The Morgan fingerprint density at radius 2 is 0.775 bits per heavy atom. The van der Waals surface area contributed by atoms with Gasteiger partial charge in [0.05, 0.1) is 12.4 Å². The number of fused-ring (bicyclic) bond motifs is 2. The lowest BCUT2D eigenvalue weighted by molar-refractivity contribution is 1.01. The van der Waals surface area contributed by atoms with Crippen molar-refractivity contribution in [3.8, 4) is 0 Å². The first-order valence-electron chi connectivity index (χ1n) is 12.0. The molecular weight excluding hydrogens is 543 g/mol. The summed E-state index contributed by atoms with van der Waals surface area (Å²) in [5.74, 6) is 0.143. The lowest BCUT2D eigenvalue weighted by atomic mass is 9.92. The number of hydrazone groups is 2. The zero-order valence-electron chi connectivity index (χ0n) is 21.3. The van der Waals surface area contributed by atoms with Crippen molar-refractivity contribution in [2.75, 3.05) is 10.6 Å². The summed E-state index contributed by atoms with van der Waals surface area (Å²) in [5.41, 5.74) is 9.00. The summed E-state index contributed by atoms with van der Waals surface area (Å²) in [4.78, 5) is 0. The molecule has 5 aromatic rings. The normalized spacial score (nSPS) is 10.6. The van der Waals surface area contributed by atoms with Gasteiger partial charge in [-0.2, -0.15) is 10.2 Å². The quantitative estimate of drug-likeness (QED) is 0.0583. The smallest absolute Gasteiger partial charge is 0.213 e. The summed E-state index contributed by atoms with van der Waals surface area (Å²) >= 11 is 0. The van der Waals surface area contributed by atoms with E-state index in [0.717, 1.165) is 44.0 Å². The Labute approximate surface area is 244 Å².